The highest BCUT2D eigenvalue weighted by Crippen LogP contribution is 2.27. The summed E-state index contributed by atoms with van der Waals surface area (Å²) in [5, 5.41) is 20.8. The molecule has 142 valence electrons. The number of quaternary nitrogens is 1. The lowest BCUT2D eigenvalue weighted by Crippen LogP contribution is -2.85. The van der Waals surface area contributed by atoms with Crippen molar-refractivity contribution in [1.29, 1.82) is 0 Å². The average molecular weight is 380 g/mol. The molecular weight excluding hydrogens is 352 g/mol. The van der Waals surface area contributed by atoms with Crippen molar-refractivity contribution in [2.75, 3.05) is 39.2 Å². The number of nitrogens with zero attached hydrogens (tertiary/aromatic N) is 3. The van der Waals surface area contributed by atoms with Crippen LogP contribution in [0.3, 0.4) is 0 Å². The Labute approximate surface area is 158 Å². The van der Waals surface area contributed by atoms with Gasteiger partial charge in [-0.2, -0.15) is 0 Å². The second-order valence-electron chi connectivity index (χ2n) is 6.22. The molecule has 8 heteroatoms. The molecule has 1 aromatic heterocycles. The third-order valence-electron chi connectivity index (χ3n) is 4.36. The zero-order chi connectivity index (χ0) is 18.2. The molecule has 3 N–H and O–H groups in total. The molecule has 0 spiro atoms. The number of aromatic nitrogens is 3. The quantitative estimate of drug-likeness (QED) is 0.469. The van der Waals surface area contributed by atoms with Crippen molar-refractivity contribution >= 4 is 11.8 Å². The van der Waals surface area contributed by atoms with Gasteiger partial charge in [-0.15, -0.1) is 10.2 Å². The number of ether oxygens (including phenoxy) is 2. The molecule has 1 aromatic carbocycles. The molecule has 1 aliphatic heterocycles. The molecule has 3 rings (SSSR count). The standard InChI is InChI=1S/C18H26N4O3S/c1-24-15-6-4-14(5-7-15)17-20-21-18(26-12-9-19-8-10-23)22(17)13-16-3-2-11-25-16/h4-7,16,19,23H,2-3,8-13H2,1H3/p+1/t16-/m1/s1. The average Bonchev–Trinajstić information content (AvgIpc) is 3.32. The zero-order valence-corrected chi connectivity index (χ0v) is 16.0. The van der Waals surface area contributed by atoms with Crippen LogP contribution < -0.4 is 10.1 Å². The maximum Gasteiger partial charge on any atom is 0.191 e. The molecule has 7 nitrogen and oxygen atoms in total. The Balaban J connectivity index is 1.75. The summed E-state index contributed by atoms with van der Waals surface area (Å²) >= 11 is 1.70. The summed E-state index contributed by atoms with van der Waals surface area (Å²) in [5.41, 5.74) is 1.02. The van der Waals surface area contributed by atoms with Gasteiger partial charge < -0.3 is 19.9 Å². The molecule has 0 bridgehead atoms. The van der Waals surface area contributed by atoms with Crippen molar-refractivity contribution < 1.29 is 19.9 Å². The van der Waals surface area contributed by atoms with Crippen LogP contribution in [0.25, 0.3) is 11.4 Å². The number of hydrogen-bond donors (Lipinski definition) is 2. The first-order chi connectivity index (χ1) is 12.8. The molecule has 1 saturated heterocycles. The van der Waals surface area contributed by atoms with Crippen LogP contribution in [0.1, 0.15) is 12.8 Å². The Kier molecular flexibility index (Phi) is 7.31. The van der Waals surface area contributed by atoms with Gasteiger partial charge in [-0.25, -0.2) is 0 Å². The van der Waals surface area contributed by atoms with E-state index in [4.69, 9.17) is 14.6 Å². The van der Waals surface area contributed by atoms with Crippen LogP contribution in [0, 0.1) is 0 Å². The van der Waals surface area contributed by atoms with Crippen molar-refractivity contribution in [2.45, 2.75) is 30.6 Å². The fourth-order valence-corrected chi connectivity index (χ4v) is 3.86. The van der Waals surface area contributed by atoms with Gasteiger partial charge >= 0.3 is 0 Å². The van der Waals surface area contributed by atoms with E-state index in [0.29, 0.717) is 0 Å². The lowest BCUT2D eigenvalue weighted by atomic mass is 10.2. The van der Waals surface area contributed by atoms with Crippen LogP contribution in [0.5, 0.6) is 5.75 Å². The highest BCUT2D eigenvalue weighted by molar-refractivity contribution is 7.99. The Morgan fingerprint density at radius 1 is 1.31 bits per heavy atom. The predicted octanol–water partition coefficient (Wildman–Crippen LogP) is 0.780. The monoisotopic (exact) mass is 379 g/mol. The van der Waals surface area contributed by atoms with Gasteiger partial charge in [-0.3, -0.25) is 4.57 Å². The summed E-state index contributed by atoms with van der Waals surface area (Å²) < 4.78 is 13.2. The van der Waals surface area contributed by atoms with Gasteiger partial charge in [-0.1, -0.05) is 11.8 Å². The van der Waals surface area contributed by atoms with E-state index in [-0.39, 0.29) is 12.7 Å². The van der Waals surface area contributed by atoms with E-state index in [1.807, 2.05) is 24.3 Å². The lowest BCUT2D eigenvalue weighted by molar-refractivity contribution is -0.651. The van der Waals surface area contributed by atoms with Crippen LogP contribution in [-0.2, 0) is 11.3 Å². The van der Waals surface area contributed by atoms with E-state index in [9.17, 15) is 0 Å². The summed E-state index contributed by atoms with van der Waals surface area (Å²) in [6.45, 7) is 3.50. The summed E-state index contributed by atoms with van der Waals surface area (Å²) in [4.78, 5) is 0. The predicted molar refractivity (Wildman–Crippen MR) is 100 cm³/mol. The highest BCUT2D eigenvalue weighted by atomic mass is 32.2. The third kappa shape index (κ3) is 4.97. The highest BCUT2D eigenvalue weighted by Gasteiger charge is 2.21. The van der Waals surface area contributed by atoms with Gasteiger partial charge in [0, 0.05) is 12.2 Å². The van der Waals surface area contributed by atoms with Gasteiger partial charge in [-0.05, 0) is 37.1 Å². The molecule has 2 aromatic rings. The Morgan fingerprint density at radius 3 is 2.85 bits per heavy atom. The van der Waals surface area contributed by atoms with Crippen LogP contribution >= 0.6 is 11.8 Å². The van der Waals surface area contributed by atoms with Crippen molar-refractivity contribution in [1.82, 2.24) is 14.8 Å². The SMILES string of the molecule is COc1ccc(-c2nnc(SCC[NH2+]CCO)n2C[C@H]2CCCO2)cc1. The summed E-state index contributed by atoms with van der Waals surface area (Å²) in [5.74, 6) is 2.62. The Hall–Kier alpha value is -1.61. The number of aliphatic hydroxyl groups excluding tert-OH is 1. The van der Waals surface area contributed by atoms with E-state index in [1.165, 1.54) is 0 Å². The van der Waals surface area contributed by atoms with Gasteiger partial charge in [0.05, 0.1) is 45.2 Å². The van der Waals surface area contributed by atoms with Crippen molar-refractivity contribution in [3.8, 4) is 17.1 Å². The van der Waals surface area contributed by atoms with Gasteiger partial charge in [0.2, 0.25) is 0 Å². The summed E-state index contributed by atoms with van der Waals surface area (Å²) in [7, 11) is 1.66. The number of nitrogens with two attached hydrogens (primary N) is 1. The second-order valence-corrected chi connectivity index (χ2v) is 7.28. The molecule has 0 aliphatic carbocycles. The minimum atomic E-state index is 0.210. The topological polar surface area (TPSA) is 86.0 Å². The first-order valence-electron chi connectivity index (χ1n) is 9.06. The van der Waals surface area contributed by atoms with E-state index < -0.39 is 0 Å². The zero-order valence-electron chi connectivity index (χ0n) is 15.1. The van der Waals surface area contributed by atoms with E-state index in [2.05, 4.69) is 20.1 Å². The number of hydrogen-bond acceptors (Lipinski definition) is 6. The molecule has 26 heavy (non-hydrogen) atoms. The van der Waals surface area contributed by atoms with Crippen molar-refractivity contribution in [3.05, 3.63) is 24.3 Å². The van der Waals surface area contributed by atoms with E-state index >= 15 is 0 Å². The molecule has 0 saturated carbocycles. The second kappa shape index (κ2) is 9.91. The number of benzene rings is 1. The Bertz CT molecular complexity index is 672. The molecule has 0 unspecified atom stereocenters. The van der Waals surface area contributed by atoms with Crippen molar-refractivity contribution in [3.63, 3.8) is 0 Å². The van der Waals surface area contributed by atoms with Crippen LogP contribution in [-0.4, -0.2) is 65.1 Å². The largest absolute Gasteiger partial charge is 0.497 e. The Morgan fingerprint density at radius 2 is 2.15 bits per heavy atom. The number of rotatable bonds is 10. The van der Waals surface area contributed by atoms with E-state index in [0.717, 1.165) is 67.1 Å². The molecular formula is C18H27N4O3S+. The maximum atomic E-state index is 8.87. The van der Waals surface area contributed by atoms with Gasteiger partial charge in [0.25, 0.3) is 0 Å². The van der Waals surface area contributed by atoms with Gasteiger partial charge in [0.1, 0.15) is 5.75 Å². The number of thioether (sulfide) groups is 1. The van der Waals surface area contributed by atoms with Gasteiger partial charge in [0.15, 0.2) is 11.0 Å². The van der Waals surface area contributed by atoms with Crippen LogP contribution in [0.4, 0.5) is 0 Å². The smallest absolute Gasteiger partial charge is 0.191 e. The van der Waals surface area contributed by atoms with E-state index in [1.54, 1.807) is 18.9 Å². The fraction of sp³-hybridized carbons (Fsp3) is 0.556. The minimum absolute atomic E-state index is 0.210. The first kappa shape index (κ1) is 19.2. The molecule has 0 amide bonds. The maximum absolute atomic E-state index is 8.87. The van der Waals surface area contributed by atoms with Crippen molar-refractivity contribution in [2.24, 2.45) is 0 Å². The third-order valence-corrected chi connectivity index (χ3v) is 5.36. The molecule has 2 heterocycles. The normalized spacial score (nSPS) is 16.9. The first-order valence-corrected chi connectivity index (χ1v) is 10.0. The summed E-state index contributed by atoms with van der Waals surface area (Å²) in [6.07, 6.45) is 2.42. The minimum Gasteiger partial charge on any atom is -0.497 e. The molecule has 1 fully saturated rings. The number of aliphatic hydroxyl groups is 1. The number of methoxy groups -OCH3 is 1. The molecule has 0 radical (unpaired) electrons. The van der Waals surface area contributed by atoms with Crippen LogP contribution in [0.2, 0.25) is 0 Å². The lowest BCUT2D eigenvalue weighted by Gasteiger charge is -2.14. The fourth-order valence-electron chi connectivity index (χ4n) is 2.97. The molecule has 1 atom stereocenters. The molecule has 1 aliphatic rings. The summed E-state index contributed by atoms with van der Waals surface area (Å²) in [6, 6.07) is 7.91. The van der Waals surface area contributed by atoms with Crippen LogP contribution in [0.15, 0.2) is 29.4 Å².